The minimum Gasteiger partial charge on any atom is -1.00 e. The standard InChI is InChI=1S/C10H21N3S.ClH/c1-2-11-10(14)12-6-9-13-7-4-3-5-8-13;/h2-9H2,1H3,(H2,11,12,14);1H/p-1. The first-order chi connectivity index (χ1) is 6.83. The Labute approximate surface area is 104 Å². The van der Waals surface area contributed by atoms with E-state index in [-0.39, 0.29) is 12.4 Å². The van der Waals surface area contributed by atoms with Gasteiger partial charge in [-0.05, 0) is 45.1 Å². The Kier molecular flexibility index (Phi) is 9.15. The van der Waals surface area contributed by atoms with Crippen LogP contribution < -0.4 is 23.0 Å². The van der Waals surface area contributed by atoms with Crippen molar-refractivity contribution in [2.75, 3.05) is 32.7 Å². The number of hydrogen-bond acceptors (Lipinski definition) is 2. The molecule has 0 unspecified atom stereocenters. The van der Waals surface area contributed by atoms with Crippen molar-refractivity contribution in [3.8, 4) is 0 Å². The van der Waals surface area contributed by atoms with Gasteiger partial charge in [-0.15, -0.1) is 0 Å². The maximum absolute atomic E-state index is 5.08. The predicted octanol–water partition coefficient (Wildman–Crippen LogP) is -2.04. The van der Waals surface area contributed by atoms with Crippen molar-refractivity contribution in [1.29, 1.82) is 0 Å². The van der Waals surface area contributed by atoms with Crippen LogP contribution in [0.25, 0.3) is 0 Å². The van der Waals surface area contributed by atoms with E-state index >= 15 is 0 Å². The van der Waals surface area contributed by atoms with E-state index in [1.807, 2.05) is 0 Å². The molecule has 0 aromatic carbocycles. The molecule has 15 heavy (non-hydrogen) atoms. The van der Waals surface area contributed by atoms with Crippen LogP contribution in [0.15, 0.2) is 0 Å². The molecule has 3 nitrogen and oxygen atoms in total. The minimum absolute atomic E-state index is 0. The Morgan fingerprint density at radius 3 is 2.47 bits per heavy atom. The fraction of sp³-hybridized carbons (Fsp3) is 0.900. The summed E-state index contributed by atoms with van der Waals surface area (Å²) in [7, 11) is 0. The Balaban J connectivity index is 0.00000196. The van der Waals surface area contributed by atoms with E-state index in [0.29, 0.717) is 0 Å². The van der Waals surface area contributed by atoms with Gasteiger partial charge in [0.15, 0.2) is 5.11 Å². The number of rotatable bonds is 4. The second-order valence-corrected chi connectivity index (χ2v) is 4.10. The molecule has 0 amide bonds. The Morgan fingerprint density at radius 2 is 1.87 bits per heavy atom. The molecule has 0 bridgehead atoms. The van der Waals surface area contributed by atoms with Gasteiger partial charge in [0.2, 0.25) is 0 Å². The van der Waals surface area contributed by atoms with Crippen LogP contribution in [0.5, 0.6) is 0 Å². The van der Waals surface area contributed by atoms with E-state index in [4.69, 9.17) is 12.2 Å². The zero-order valence-electron chi connectivity index (χ0n) is 9.39. The molecule has 0 atom stereocenters. The Morgan fingerprint density at radius 1 is 1.20 bits per heavy atom. The highest BCUT2D eigenvalue weighted by atomic mass is 35.5. The van der Waals surface area contributed by atoms with E-state index in [2.05, 4.69) is 22.5 Å². The fourth-order valence-corrected chi connectivity index (χ4v) is 1.98. The SMILES string of the molecule is CCNC(=S)NCCN1CCCCC1.[Cl-]. The lowest BCUT2D eigenvalue weighted by Gasteiger charge is -2.26. The van der Waals surface area contributed by atoms with Crippen molar-refractivity contribution < 1.29 is 12.4 Å². The lowest BCUT2D eigenvalue weighted by Crippen LogP contribution is -3.00. The molecule has 0 spiro atoms. The van der Waals surface area contributed by atoms with Gasteiger partial charge in [0.05, 0.1) is 0 Å². The van der Waals surface area contributed by atoms with Crippen LogP contribution in [-0.4, -0.2) is 42.7 Å². The molecule has 0 radical (unpaired) electrons. The van der Waals surface area contributed by atoms with Crippen LogP contribution in [0.1, 0.15) is 26.2 Å². The third kappa shape index (κ3) is 6.93. The van der Waals surface area contributed by atoms with Gasteiger partial charge in [0.1, 0.15) is 0 Å². The highest BCUT2D eigenvalue weighted by molar-refractivity contribution is 7.80. The van der Waals surface area contributed by atoms with Crippen molar-refractivity contribution in [2.45, 2.75) is 26.2 Å². The van der Waals surface area contributed by atoms with Gasteiger partial charge in [-0.2, -0.15) is 0 Å². The highest BCUT2D eigenvalue weighted by Gasteiger charge is 2.08. The van der Waals surface area contributed by atoms with Crippen molar-refractivity contribution in [1.82, 2.24) is 15.5 Å². The lowest BCUT2D eigenvalue weighted by molar-refractivity contribution is -0.00000306. The third-order valence-corrected chi connectivity index (χ3v) is 2.79. The summed E-state index contributed by atoms with van der Waals surface area (Å²) in [4.78, 5) is 2.51. The number of piperidine rings is 1. The molecule has 1 heterocycles. The van der Waals surface area contributed by atoms with Crippen LogP contribution in [0.2, 0.25) is 0 Å². The molecule has 1 saturated heterocycles. The van der Waals surface area contributed by atoms with Crippen molar-refractivity contribution >= 4 is 17.3 Å². The van der Waals surface area contributed by atoms with Gasteiger partial charge in [-0.1, -0.05) is 6.42 Å². The first kappa shape index (κ1) is 14.9. The maximum Gasteiger partial charge on any atom is 0.166 e. The summed E-state index contributed by atoms with van der Waals surface area (Å²) in [6, 6.07) is 0. The molecule has 90 valence electrons. The predicted molar refractivity (Wildman–Crippen MR) is 64.6 cm³/mol. The number of nitrogens with one attached hydrogen (secondary N) is 2. The quantitative estimate of drug-likeness (QED) is 0.563. The zero-order chi connectivity index (χ0) is 10.2. The molecule has 0 aliphatic carbocycles. The second kappa shape index (κ2) is 9.19. The van der Waals surface area contributed by atoms with Gasteiger partial charge in [0, 0.05) is 19.6 Å². The summed E-state index contributed by atoms with van der Waals surface area (Å²) in [6.45, 7) is 7.55. The minimum atomic E-state index is 0. The first-order valence-corrected chi connectivity index (χ1v) is 5.98. The molecule has 5 heteroatoms. The summed E-state index contributed by atoms with van der Waals surface area (Å²) in [6.07, 6.45) is 4.12. The van der Waals surface area contributed by atoms with E-state index in [1.165, 1.54) is 32.4 Å². The molecule has 1 aliphatic heterocycles. The normalized spacial score (nSPS) is 16.6. The van der Waals surface area contributed by atoms with Gasteiger partial charge in [0.25, 0.3) is 0 Å². The van der Waals surface area contributed by atoms with Crippen molar-refractivity contribution in [3.63, 3.8) is 0 Å². The van der Waals surface area contributed by atoms with E-state index in [1.54, 1.807) is 0 Å². The molecule has 0 saturated carbocycles. The smallest absolute Gasteiger partial charge is 0.166 e. The maximum atomic E-state index is 5.08. The van der Waals surface area contributed by atoms with Crippen LogP contribution in [0.4, 0.5) is 0 Å². The van der Waals surface area contributed by atoms with Gasteiger partial charge >= 0.3 is 0 Å². The van der Waals surface area contributed by atoms with Gasteiger partial charge in [-0.3, -0.25) is 0 Å². The summed E-state index contributed by atoms with van der Waals surface area (Å²) in [5.41, 5.74) is 0. The van der Waals surface area contributed by atoms with Crippen molar-refractivity contribution in [3.05, 3.63) is 0 Å². The molecule has 1 fully saturated rings. The van der Waals surface area contributed by atoms with E-state index < -0.39 is 0 Å². The molecule has 0 aromatic heterocycles. The zero-order valence-corrected chi connectivity index (χ0v) is 11.0. The molecule has 0 aromatic rings. The van der Waals surface area contributed by atoms with E-state index in [0.717, 1.165) is 24.7 Å². The largest absolute Gasteiger partial charge is 1.00 e. The number of hydrogen-bond donors (Lipinski definition) is 2. The van der Waals surface area contributed by atoms with Crippen LogP contribution in [0, 0.1) is 0 Å². The van der Waals surface area contributed by atoms with Crippen LogP contribution in [0.3, 0.4) is 0 Å². The van der Waals surface area contributed by atoms with Crippen LogP contribution >= 0.6 is 12.2 Å². The summed E-state index contributed by atoms with van der Waals surface area (Å²) in [5, 5.41) is 7.08. The summed E-state index contributed by atoms with van der Waals surface area (Å²) in [5.74, 6) is 0. The average Bonchev–Trinajstić information content (AvgIpc) is 2.20. The number of nitrogens with zero attached hydrogens (tertiary/aromatic N) is 1. The highest BCUT2D eigenvalue weighted by Crippen LogP contribution is 2.07. The van der Waals surface area contributed by atoms with Crippen LogP contribution in [-0.2, 0) is 0 Å². The number of halogens is 1. The molecule has 2 N–H and O–H groups in total. The molecular formula is C10H21ClN3S-. The Hall–Kier alpha value is -0.0600. The molecule has 1 rings (SSSR count). The summed E-state index contributed by atoms with van der Waals surface area (Å²) < 4.78 is 0. The molecular weight excluding hydrogens is 230 g/mol. The van der Waals surface area contributed by atoms with Gasteiger partial charge < -0.3 is 27.9 Å². The molecule has 1 aliphatic rings. The Bertz CT molecular complexity index is 172. The number of thiocarbonyl (C=S) groups is 1. The lowest BCUT2D eigenvalue weighted by atomic mass is 10.1. The van der Waals surface area contributed by atoms with Crippen molar-refractivity contribution in [2.24, 2.45) is 0 Å². The third-order valence-electron chi connectivity index (χ3n) is 2.50. The average molecular weight is 251 g/mol. The fourth-order valence-electron chi connectivity index (χ4n) is 1.73. The van der Waals surface area contributed by atoms with Gasteiger partial charge in [-0.25, -0.2) is 0 Å². The van der Waals surface area contributed by atoms with E-state index in [9.17, 15) is 0 Å². The monoisotopic (exact) mass is 250 g/mol. The first-order valence-electron chi connectivity index (χ1n) is 5.57. The number of likely N-dealkylation sites (tertiary alicyclic amines) is 1. The second-order valence-electron chi connectivity index (χ2n) is 3.69. The summed E-state index contributed by atoms with van der Waals surface area (Å²) >= 11 is 5.08. The topological polar surface area (TPSA) is 27.3 Å².